The van der Waals surface area contributed by atoms with Crippen molar-refractivity contribution in [3.8, 4) is 0 Å². The molecule has 1 N–H and O–H groups in total. The van der Waals surface area contributed by atoms with Crippen LogP contribution in [0.5, 0.6) is 0 Å². The first kappa shape index (κ1) is 17.3. The largest absolute Gasteiger partial charge is 0.394 e. The van der Waals surface area contributed by atoms with Crippen LogP contribution in [-0.2, 0) is 11.3 Å². The Morgan fingerprint density at radius 1 is 1.31 bits per heavy atom. The van der Waals surface area contributed by atoms with Crippen molar-refractivity contribution in [3.05, 3.63) is 35.0 Å². The van der Waals surface area contributed by atoms with Crippen LogP contribution in [0, 0.1) is 0 Å². The van der Waals surface area contributed by atoms with Crippen molar-refractivity contribution in [3.63, 3.8) is 0 Å². The number of aliphatic hydroxyl groups is 1. The normalized spacial score (nSPS) is 21.3. The Balaban J connectivity index is 1.63. The first-order valence-corrected chi connectivity index (χ1v) is 9.39. The van der Waals surface area contributed by atoms with E-state index in [1.54, 1.807) is 24.0 Å². The van der Waals surface area contributed by atoms with Gasteiger partial charge in [0.2, 0.25) is 0 Å². The van der Waals surface area contributed by atoms with Gasteiger partial charge in [-0.3, -0.25) is 9.47 Å². The van der Waals surface area contributed by atoms with Gasteiger partial charge < -0.3 is 14.7 Å². The number of aromatic nitrogens is 4. The van der Waals surface area contributed by atoms with E-state index < -0.39 is 0 Å². The molecule has 1 saturated heterocycles. The number of nitrogens with zero attached hydrogens (tertiary/aromatic N) is 6. The number of rotatable bonds is 5. The van der Waals surface area contributed by atoms with Gasteiger partial charge in [0.1, 0.15) is 12.6 Å². The van der Waals surface area contributed by atoms with Gasteiger partial charge in [-0.25, -0.2) is 15.0 Å². The van der Waals surface area contributed by atoms with Crippen LogP contribution in [0.4, 0.5) is 5.82 Å². The van der Waals surface area contributed by atoms with E-state index >= 15 is 0 Å². The fourth-order valence-corrected chi connectivity index (χ4v) is 4.02. The van der Waals surface area contributed by atoms with Gasteiger partial charge in [-0.05, 0) is 11.4 Å². The molecule has 1 aliphatic heterocycles. The third-order valence-corrected chi connectivity index (χ3v) is 5.32. The Morgan fingerprint density at radius 2 is 2.19 bits per heavy atom. The van der Waals surface area contributed by atoms with Crippen LogP contribution in [0.1, 0.15) is 11.1 Å². The molecule has 9 heteroatoms. The van der Waals surface area contributed by atoms with Gasteiger partial charge in [0, 0.05) is 38.6 Å². The number of hydrogen-bond acceptors (Lipinski definition) is 8. The molecule has 0 bridgehead atoms. The summed E-state index contributed by atoms with van der Waals surface area (Å²) in [5.41, 5.74) is 1.49. The summed E-state index contributed by atoms with van der Waals surface area (Å²) in [7, 11) is 3.87. The highest BCUT2D eigenvalue weighted by atomic mass is 32.1. The highest BCUT2D eigenvalue weighted by molar-refractivity contribution is 7.09. The van der Waals surface area contributed by atoms with Crippen molar-refractivity contribution in [1.29, 1.82) is 0 Å². The third kappa shape index (κ3) is 3.30. The SMILES string of the molecule is CN(C)c1ncnc2c1ncn2[C@H]1CN(Cc2cccs2)C[C@@H](CO)O1. The van der Waals surface area contributed by atoms with E-state index in [1.165, 1.54) is 4.88 Å². The van der Waals surface area contributed by atoms with E-state index in [0.29, 0.717) is 13.1 Å². The lowest BCUT2D eigenvalue weighted by Gasteiger charge is -2.37. The lowest BCUT2D eigenvalue weighted by atomic mass is 10.2. The standard InChI is InChI=1S/C17H22N6O2S/c1-21(2)16-15-17(19-10-18-16)23(11-20-15)14-8-22(6-12(9-24)25-14)7-13-4-3-5-26-13/h3-5,10-12,14,24H,6-9H2,1-2H3/t12-,14+/m0/s1. The highest BCUT2D eigenvalue weighted by Gasteiger charge is 2.30. The van der Waals surface area contributed by atoms with E-state index in [0.717, 1.165) is 23.5 Å². The summed E-state index contributed by atoms with van der Waals surface area (Å²) < 4.78 is 8.04. The van der Waals surface area contributed by atoms with E-state index in [4.69, 9.17) is 4.74 Å². The molecule has 26 heavy (non-hydrogen) atoms. The smallest absolute Gasteiger partial charge is 0.167 e. The molecular weight excluding hydrogens is 352 g/mol. The minimum Gasteiger partial charge on any atom is -0.394 e. The average molecular weight is 374 g/mol. The van der Waals surface area contributed by atoms with Crippen LogP contribution in [0.3, 0.4) is 0 Å². The number of thiophene rings is 1. The summed E-state index contributed by atoms with van der Waals surface area (Å²) in [6, 6.07) is 4.19. The number of ether oxygens (including phenoxy) is 1. The molecule has 0 unspecified atom stereocenters. The van der Waals surface area contributed by atoms with Gasteiger partial charge in [0.25, 0.3) is 0 Å². The molecule has 4 rings (SSSR count). The van der Waals surface area contributed by atoms with E-state index in [2.05, 4.69) is 37.4 Å². The third-order valence-electron chi connectivity index (χ3n) is 4.46. The number of anilines is 1. The van der Waals surface area contributed by atoms with Crippen molar-refractivity contribution in [2.24, 2.45) is 0 Å². The van der Waals surface area contributed by atoms with Gasteiger partial charge in [-0.1, -0.05) is 6.07 Å². The van der Waals surface area contributed by atoms with Crippen LogP contribution in [-0.4, -0.2) is 69.4 Å². The molecule has 4 heterocycles. The number of aliphatic hydroxyl groups excluding tert-OH is 1. The number of imidazole rings is 1. The Morgan fingerprint density at radius 3 is 2.92 bits per heavy atom. The second-order valence-corrected chi connectivity index (χ2v) is 7.62. The minimum absolute atomic E-state index is 0.0119. The Hall–Kier alpha value is -2.07. The van der Waals surface area contributed by atoms with Crippen LogP contribution in [0.15, 0.2) is 30.2 Å². The maximum absolute atomic E-state index is 9.67. The quantitative estimate of drug-likeness (QED) is 0.722. The van der Waals surface area contributed by atoms with Crippen LogP contribution in [0.2, 0.25) is 0 Å². The number of morpholine rings is 1. The second kappa shape index (κ2) is 7.28. The molecule has 138 valence electrons. The van der Waals surface area contributed by atoms with Gasteiger partial charge in [0.05, 0.1) is 19.0 Å². The predicted molar refractivity (Wildman–Crippen MR) is 100 cm³/mol. The maximum Gasteiger partial charge on any atom is 0.167 e. The van der Waals surface area contributed by atoms with Gasteiger partial charge in [0.15, 0.2) is 17.0 Å². The maximum atomic E-state index is 9.67. The van der Waals surface area contributed by atoms with Crippen molar-refractivity contribution < 1.29 is 9.84 Å². The minimum atomic E-state index is -0.254. The zero-order valence-electron chi connectivity index (χ0n) is 14.8. The summed E-state index contributed by atoms with van der Waals surface area (Å²) in [4.78, 5) is 18.8. The number of fused-ring (bicyclic) bond motifs is 1. The molecule has 1 aliphatic rings. The monoisotopic (exact) mass is 374 g/mol. The van der Waals surface area contributed by atoms with Crippen LogP contribution in [0.25, 0.3) is 11.2 Å². The van der Waals surface area contributed by atoms with Crippen LogP contribution < -0.4 is 4.90 Å². The predicted octanol–water partition coefficient (Wildman–Crippen LogP) is 1.35. The molecule has 0 amide bonds. The molecule has 0 aromatic carbocycles. The molecular formula is C17H22N6O2S. The molecule has 3 aromatic rings. The highest BCUT2D eigenvalue weighted by Crippen LogP contribution is 2.27. The molecule has 2 atom stereocenters. The van der Waals surface area contributed by atoms with Crippen molar-refractivity contribution in [1.82, 2.24) is 24.4 Å². The summed E-state index contributed by atoms with van der Waals surface area (Å²) in [6.07, 6.45) is 2.81. The zero-order chi connectivity index (χ0) is 18.1. The Bertz CT molecular complexity index is 865. The summed E-state index contributed by atoms with van der Waals surface area (Å²) in [6.45, 7) is 2.25. The zero-order valence-corrected chi connectivity index (χ0v) is 15.6. The first-order valence-electron chi connectivity index (χ1n) is 8.51. The fourth-order valence-electron chi connectivity index (χ4n) is 3.28. The van der Waals surface area contributed by atoms with Crippen molar-refractivity contribution in [2.45, 2.75) is 18.9 Å². The van der Waals surface area contributed by atoms with E-state index in [-0.39, 0.29) is 18.9 Å². The Labute approximate surface area is 155 Å². The average Bonchev–Trinajstić information content (AvgIpc) is 3.30. The lowest BCUT2D eigenvalue weighted by molar-refractivity contribution is -0.135. The molecule has 0 radical (unpaired) electrons. The summed E-state index contributed by atoms with van der Waals surface area (Å²) in [5.74, 6) is 0.777. The molecule has 3 aromatic heterocycles. The van der Waals surface area contributed by atoms with Crippen molar-refractivity contribution in [2.75, 3.05) is 38.7 Å². The van der Waals surface area contributed by atoms with Gasteiger partial charge in [-0.2, -0.15) is 0 Å². The first-order chi connectivity index (χ1) is 12.7. The Kier molecular flexibility index (Phi) is 4.86. The lowest BCUT2D eigenvalue weighted by Crippen LogP contribution is -2.46. The summed E-state index contributed by atoms with van der Waals surface area (Å²) in [5, 5.41) is 11.8. The van der Waals surface area contributed by atoms with E-state index in [1.807, 2.05) is 23.6 Å². The second-order valence-electron chi connectivity index (χ2n) is 6.58. The molecule has 8 nitrogen and oxygen atoms in total. The molecule has 0 saturated carbocycles. The van der Waals surface area contributed by atoms with Gasteiger partial charge in [-0.15, -0.1) is 11.3 Å². The summed E-state index contributed by atoms with van der Waals surface area (Å²) >= 11 is 1.74. The van der Waals surface area contributed by atoms with Crippen molar-refractivity contribution >= 4 is 28.3 Å². The number of hydrogen-bond donors (Lipinski definition) is 1. The molecule has 0 aliphatic carbocycles. The van der Waals surface area contributed by atoms with E-state index in [9.17, 15) is 5.11 Å². The van der Waals surface area contributed by atoms with Crippen LogP contribution >= 0.6 is 11.3 Å². The topological polar surface area (TPSA) is 79.5 Å². The molecule has 1 fully saturated rings. The van der Waals surface area contributed by atoms with Gasteiger partial charge >= 0.3 is 0 Å². The fraction of sp³-hybridized carbons (Fsp3) is 0.471. The molecule has 0 spiro atoms.